The predicted octanol–water partition coefficient (Wildman–Crippen LogP) is 4.66. The Kier molecular flexibility index (Phi) is 5.44. The molecule has 0 heterocycles. The third kappa shape index (κ3) is 3.84. The molecule has 0 aliphatic heterocycles. The van der Waals surface area contributed by atoms with Gasteiger partial charge in [0.1, 0.15) is 12.4 Å². The molecule has 0 amide bonds. The van der Waals surface area contributed by atoms with Crippen LogP contribution in [0.2, 0.25) is 10.0 Å². The molecule has 1 atom stereocenters. The first-order chi connectivity index (χ1) is 8.27. The number of carbonyl (C=O) groups is 1. The summed E-state index contributed by atoms with van der Waals surface area (Å²) < 4.78 is 18.1. The second-order valence-electron chi connectivity index (χ2n) is 4.39. The van der Waals surface area contributed by atoms with Crippen molar-refractivity contribution in [1.82, 2.24) is 0 Å². The van der Waals surface area contributed by atoms with E-state index >= 15 is 0 Å². The molecule has 1 rings (SSSR count). The van der Waals surface area contributed by atoms with Gasteiger partial charge in [-0.2, -0.15) is 0 Å². The summed E-state index contributed by atoms with van der Waals surface area (Å²) in [5.41, 5.74) is -1.10. The van der Waals surface area contributed by atoms with Crippen molar-refractivity contribution in [3.8, 4) is 5.75 Å². The second-order valence-corrected chi connectivity index (χ2v) is 6.07. The number of ether oxygens (including phenoxy) is 1. The molecule has 2 nitrogen and oxygen atoms in total. The molecule has 1 aromatic carbocycles. The summed E-state index contributed by atoms with van der Waals surface area (Å²) in [6.45, 7) is 2.26. The number of hydrogen-bond donors (Lipinski definition) is 0. The molecule has 1 aromatic rings. The van der Waals surface area contributed by atoms with Crippen molar-refractivity contribution in [1.29, 1.82) is 0 Å². The van der Waals surface area contributed by atoms with Gasteiger partial charge in [-0.05, 0) is 34.1 Å². The topological polar surface area (TPSA) is 26.3 Å². The van der Waals surface area contributed by atoms with Crippen LogP contribution in [0.1, 0.15) is 13.8 Å². The first-order valence-electron chi connectivity index (χ1n) is 5.14. The Bertz CT molecular complexity index is 452. The minimum Gasteiger partial charge on any atom is -0.470 e. The summed E-state index contributed by atoms with van der Waals surface area (Å²) in [6.07, 6.45) is 0. The van der Waals surface area contributed by atoms with Crippen LogP contribution in [0.4, 0.5) is 4.39 Å². The van der Waals surface area contributed by atoms with Crippen LogP contribution in [0, 0.1) is 5.41 Å². The zero-order valence-electron chi connectivity index (χ0n) is 9.84. The highest BCUT2D eigenvalue weighted by Gasteiger charge is 2.34. The summed E-state index contributed by atoms with van der Waals surface area (Å²) in [5.74, 6) is -0.0815. The molecule has 0 bridgehead atoms. The van der Waals surface area contributed by atoms with E-state index in [9.17, 15) is 9.18 Å². The van der Waals surface area contributed by atoms with E-state index in [1.54, 1.807) is 12.1 Å². The van der Waals surface area contributed by atoms with E-state index < -0.39 is 22.9 Å². The maximum absolute atomic E-state index is 12.7. The number of ketones is 1. The van der Waals surface area contributed by atoms with Crippen LogP contribution in [0.5, 0.6) is 5.75 Å². The smallest absolute Gasteiger partial charge is 0.211 e. The van der Waals surface area contributed by atoms with Gasteiger partial charge in [-0.1, -0.05) is 37.0 Å². The number of alkyl halides is 2. The molecule has 18 heavy (non-hydrogen) atoms. The van der Waals surface area contributed by atoms with Crippen molar-refractivity contribution < 1.29 is 13.9 Å². The lowest BCUT2D eigenvalue weighted by molar-refractivity contribution is -0.131. The van der Waals surface area contributed by atoms with Crippen LogP contribution >= 0.6 is 39.1 Å². The van der Waals surface area contributed by atoms with Crippen molar-refractivity contribution in [2.75, 3.05) is 6.67 Å². The van der Waals surface area contributed by atoms with Gasteiger partial charge in [0.15, 0.2) is 5.78 Å². The molecule has 0 radical (unpaired) electrons. The van der Waals surface area contributed by atoms with Crippen LogP contribution in [0.15, 0.2) is 18.2 Å². The molecule has 0 aromatic heterocycles. The molecule has 0 aliphatic carbocycles. The third-order valence-electron chi connectivity index (χ3n) is 2.33. The van der Waals surface area contributed by atoms with Crippen molar-refractivity contribution in [2.24, 2.45) is 5.41 Å². The monoisotopic (exact) mass is 356 g/mol. The molecule has 0 saturated heterocycles. The van der Waals surface area contributed by atoms with Gasteiger partial charge >= 0.3 is 0 Å². The van der Waals surface area contributed by atoms with E-state index in [4.69, 9.17) is 27.9 Å². The van der Waals surface area contributed by atoms with Crippen LogP contribution < -0.4 is 4.74 Å². The van der Waals surface area contributed by atoms with Gasteiger partial charge in [0.25, 0.3) is 0 Å². The number of benzene rings is 1. The summed E-state index contributed by atoms with van der Waals surface area (Å²) in [4.78, 5) is 11.9. The summed E-state index contributed by atoms with van der Waals surface area (Å²) >= 11 is 14.7. The van der Waals surface area contributed by atoms with Crippen molar-refractivity contribution in [2.45, 2.75) is 18.9 Å². The second kappa shape index (κ2) is 6.22. The molecular formula is C12H12BrCl2FO2. The minimum atomic E-state index is -1.10. The predicted molar refractivity (Wildman–Crippen MR) is 74.6 cm³/mol. The fourth-order valence-electron chi connectivity index (χ4n) is 1.11. The van der Waals surface area contributed by atoms with Gasteiger partial charge in [0.2, 0.25) is 5.01 Å². The number of halogens is 4. The third-order valence-corrected chi connectivity index (χ3v) is 3.46. The Hall–Kier alpha value is -0.320. The highest BCUT2D eigenvalue weighted by atomic mass is 79.9. The van der Waals surface area contributed by atoms with Crippen molar-refractivity contribution >= 4 is 44.9 Å². The lowest BCUT2D eigenvalue weighted by Gasteiger charge is -2.23. The van der Waals surface area contributed by atoms with E-state index in [2.05, 4.69) is 15.9 Å². The highest BCUT2D eigenvalue weighted by molar-refractivity contribution is 9.09. The number of hydrogen-bond acceptors (Lipinski definition) is 2. The largest absolute Gasteiger partial charge is 0.470 e. The molecule has 0 N–H and O–H groups in total. The Morgan fingerprint density at radius 2 is 2.11 bits per heavy atom. The van der Waals surface area contributed by atoms with Crippen molar-refractivity contribution in [3.05, 3.63) is 28.2 Å². The summed E-state index contributed by atoms with van der Waals surface area (Å²) in [7, 11) is 0. The lowest BCUT2D eigenvalue weighted by Crippen LogP contribution is -2.36. The van der Waals surface area contributed by atoms with Crippen molar-refractivity contribution in [3.63, 3.8) is 0 Å². The molecule has 0 aliphatic rings. The quantitative estimate of drug-likeness (QED) is 0.716. The van der Waals surface area contributed by atoms with Crippen LogP contribution in [-0.4, -0.2) is 17.5 Å². The van der Waals surface area contributed by atoms with E-state index in [1.165, 1.54) is 19.9 Å². The maximum Gasteiger partial charge on any atom is 0.211 e. The fourth-order valence-corrected chi connectivity index (χ4v) is 2.38. The van der Waals surface area contributed by atoms with Gasteiger partial charge in [-0.15, -0.1) is 0 Å². The maximum atomic E-state index is 12.7. The zero-order chi connectivity index (χ0) is 13.9. The standard InChI is InChI=1S/C12H12BrCl2FO2/c1-12(2,6-16)10(17)11(13)18-9-4-3-7(14)5-8(9)15/h3-5,11H,6H2,1-2H3. The van der Waals surface area contributed by atoms with E-state index in [1.807, 2.05) is 0 Å². The molecule has 1 unspecified atom stereocenters. The molecular weight excluding hydrogens is 346 g/mol. The van der Waals surface area contributed by atoms with Gasteiger partial charge in [0.05, 0.1) is 10.4 Å². The van der Waals surface area contributed by atoms with E-state index in [0.717, 1.165) is 0 Å². The fraction of sp³-hybridized carbons (Fsp3) is 0.417. The Morgan fingerprint density at radius 3 is 2.61 bits per heavy atom. The van der Waals surface area contributed by atoms with Gasteiger partial charge in [-0.3, -0.25) is 9.18 Å². The van der Waals surface area contributed by atoms with Gasteiger partial charge in [-0.25, -0.2) is 0 Å². The minimum absolute atomic E-state index is 0.290. The van der Waals surface area contributed by atoms with E-state index in [0.29, 0.717) is 10.8 Å². The molecule has 0 spiro atoms. The van der Waals surface area contributed by atoms with E-state index in [-0.39, 0.29) is 5.02 Å². The van der Waals surface area contributed by atoms with Crippen LogP contribution in [0.3, 0.4) is 0 Å². The number of rotatable bonds is 5. The first-order valence-corrected chi connectivity index (χ1v) is 6.81. The Morgan fingerprint density at radius 1 is 1.50 bits per heavy atom. The average Bonchev–Trinajstić information content (AvgIpc) is 2.31. The molecule has 0 saturated carbocycles. The number of carbonyl (C=O) groups excluding carboxylic acids is 1. The summed E-state index contributed by atoms with van der Waals surface area (Å²) in [5, 5.41) is -0.200. The average molecular weight is 358 g/mol. The van der Waals surface area contributed by atoms with Gasteiger partial charge in [0, 0.05) is 5.02 Å². The molecule has 0 fully saturated rings. The highest BCUT2D eigenvalue weighted by Crippen LogP contribution is 2.31. The normalized spacial score (nSPS) is 13.2. The Labute approximate surface area is 124 Å². The molecule has 100 valence electrons. The van der Waals surface area contributed by atoms with Gasteiger partial charge < -0.3 is 4.74 Å². The first kappa shape index (κ1) is 15.7. The van der Waals surface area contributed by atoms with Crippen LogP contribution in [-0.2, 0) is 4.79 Å². The Balaban J connectivity index is 2.82. The lowest BCUT2D eigenvalue weighted by atomic mass is 9.90. The number of Topliss-reactive ketones (excluding diaryl/α,β-unsaturated/α-hetero) is 1. The molecule has 6 heteroatoms. The van der Waals surface area contributed by atoms with Crippen LogP contribution in [0.25, 0.3) is 0 Å². The zero-order valence-corrected chi connectivity index (χ0v) is 12.9. The summed E-state index contributed by atoms with van der Waals surface area (Å²) in [6, 6.07) is 4.64. The SMILES string of the molecule is CC(C)(CF)C(=O)C(Br)Oc1ccc(Cl)cc1Cl.